The molecule has 0 atom stereocenters. The maximum atomic E-state index is 13.2. The van der Waals surface area contributed by atoms with Crippen LogP contribution in [0.3, 0.4) is 0 Å². The maximum Gasteiger partial charge on any atom is 0.232 e. The molecule has 0 spiro atoms. The molecule has 0 aromatic heterocycles. The Morgan fingerprint density at radius 2 is 2.14 bits per heavy atom. The molecular formula is C10H11FINO. The molecule has 4 heteroatoms. The van der Waals surface area contributed by atoms with Crippen LogP contribution in [0.4, 0.5) is 4.39 Å². The number of alkyl halides is 1. The highest BCUT2D eigenvalue weighted by molar-refractivity contribution is 14.1. The first-order chi connectivity index (χ1) is 6.65. The molecule has 1 aromatic rings. The van der Waals surface area contributed by atoms with Gasteiger partial charge in [-0.3, -0.25) is 4.79 Å². The summed E-state index contributed by atoms with van der Waals surface area (Å²) in [5, 5.41) is 0. The standard InChI is InChI=1S/C10H11FINO/c1-13(10(14)6-12)7-8-4-2-3-5-9(8)11/h2-5H,6-7H2,1H3. The first kappa shape index (κ1) is 11.4. The number of carbonyl (C=O) groups excluding carboxylic acids is 1. The van der Waals surface area contributed by atoms with Crippen LogP contribution >= 0.6 is 22.6 Å². The number of benzene rings is 1. The van der Waals surface area contributed by atoms with Gasteiger partial charge < -0.3 is 4.90 Å². The number of nitrogens with zero attached hydrogens (tertiary/aromatic N) is 1. The molecule has 14 heavy (non-hydrogen) atoms. The van der Waals surface area contributed by atoms with Gasteiger partial charge >= 0.3 is 0 Å². The van der Waals surface area contributed by atoms with Gasteiger partial charge in [-0.1, -0.05) is 40.8 Å². The summed E-state index contributed by atoms with van der Waals surface area (Å²) in [6, 6.07) is 6.49. The van der Waals surface area contributed by atoms with Crippen LogP contribution < -0.4 is 0 Å². The summed E-state index contributed by atoms with van der Waals surface area (Å²) >= 11 is 2.00. The molecule has 1 rings (SSSR count). The van der Waals surface area contributed by atoms with Crippen molar-refractivity contribution >= 4 is 28.5 Å². The minimum absolute atomic E-state index is 0.00820. The third-order valence-electron chi connectivity index (χ3n) is 1.91. The molecule has 0 N–H and O–H groups in total. The summed E-state index contributed by atoms with van der Waals surface area (Å²) in [4.78, 5) is 12.7. The van der Waals surface area contributed by atoms with Crippen LogP contribution in [0.5, 0.6) is 0 Å². The van der Waals surface area contributed by atoms with Gasteiger partial charge in [0.25, 0.3) is 0 Å². The fraction of sp³-hybridized carbons (Fsp3) is 0.300. The molecule has 0 fully saturated rings. The highest BCUT2D eigenvalue weighted by atomic mass is 127. The lowest BCUT2D eigenvalue weighted by molar-refractivity contribution is -0.127. The van der Waals surface area contributed by atoms with Gasteiger partial charge in [-0.05, 0) is 6.07 Å². The molecule has 1 amide bonds. The van der Waals surface area contributed by atoms with Gasteiger partial charge in [-0.2, -0.15) is 0 Å². The first-order valence-electron chi connectivity index (χ1n) is 4.18. The number of halogens is 2. The summed E-state index contributed by atoms with van der Waals surface area (Å²) in [6.07, 6.45) is 0. The molecular weight excluding hydrogens is 296 g/mol. The zero-order valence-electron chi connectivity index (χ0n) is 7.84. The Bertz CT molecular complexity index is 330. The lowest BCUT2D eigenvalue weighted by Gasteiger charge is -2.16. The Labute approximate surface area is 96.2 Å². The van der Waals surface area contributed by atoms with E-state index in [4.69, 9.17) is 0 Å². The summed E-state index contributed by atoms with van der Waals surface area (Å²) < 4.78 is 13.6. The average Bonchev–Trinajstić information content (AvgIpc) is 2.20. The fourth-order valence-corrected chi connectivity index (χ4v) is 1.65. The van der Waals surface area contributed by atoms with E-state index in [1.165, 1.54) is 11.0 Å². The van der Waals surface area contributed by atoms with Crippen molar-refractivity contribution in [1.82, 2.24) is 4.90 Å². The van der Waals surface area contributed by atoms with E-state index in [9.17, 15) is 9.18 Å². The van der Waals surface area contributed by atoms with E-state index < -0.39 is 0 Å². The van der Waals surface area contributed by atoms with Gasteiger partial charge in [0.2, 0.25) is 5.91 Å². The number of carbonyl (C=O) groups is 1. The molecule has 0 heterocycles. The van der Waals surface area contributed by atoms with Gasteiger partial charge in [0.05, 0.1) is 4.43 Å². The second-order valence-electron chi connectivity index (χ2n) is 2.97. The van der Waals surface area contributed by atoms with Gasteiger partial charge in [-0.25, -0.2) is 4.39 Å². The first-order valence-corrected chi connectivity index (χ1v) is 5.71. The van der Waals surface area contributed by atoms with Gasteiger partial charge in [-0.15, -0.1) is 0 Å². The normalized spacial score (nSPS) is 9.93. The van der Waals surface area contributed by atoms with E-state index in [1.807, 2.05) is 22.6 Å². The van der Waals surface area contributed by atoms with Crippen molar-refractivity contribution in [2.24, 2.45) is 0 Å². The molecule has 0 bridgehead atoms. The van der Waals surface area contributed by atoms with Crippen molar-refractivity contribution in [1.29, 1.82) is 0 Å². The second-order valence-corrected chi connectivity index (χ2v) is 3.74. The van der Waals surface area contributed by atoms with Crippen LogP contribution in [-0.2, 0) is 11.3 Å². The number of hydrogen-bond donors (Lipinski definition) is 0. The van der Waals surface area contributed by atoms with Crippen LogP contribution in [-0.4, -0.2) is 22.3 Å². The molecule has 0 aliphatic rings. The van der Waals surface area contributed by atoms with Crippen molar-refractivity contribution < 1.29 is 9.18 Å². The van der Waals surface area contributed by atoms with Crippen molar-refractivity contribution in [3.63, 3.8) is 0 Å². The summed E-state index contributed by atoms with van der Waals surface area (Å²) in [6.45, 7) is 0.328. The third-order valence-corrected chi connectivity index (χ3v) is 2.56. The van der Waals surface area contributed by atoms with Crippen molar-refractivity contribution in [2.75, 3.05) is 11.5 Å². The van der Waals surface area contributed by atoms with Crippen LogP contribution in [0.15, 0.2) is 24.3 Å². The highest BCUT2D eigenvalue weighted by Crippen LogP contribution is 2.09. The number of hydrogen-bond acceptors (Lipinski definition) is 1. The van der Waals surface area contributed by atoms with E-state index >= 15 is 0 Å². The highest BCUT2D eigenvalue weighted by Gasteiger charge is 2.09. The summed E-state index contributed by atoms with van der Waals surface area (Å²) in [5.41, 5.74) is 0.549. The van der Waals surface area contributed by atoms with E-state index in [0.29, 0.717) is 16.5 Å². The molecule has 0 saturated carbocycles. The SMILES string of the molecule is CN(Cc1ccccc1F)C(=O)CI. The molecule has 0 radical (unpaired) electrons. The van der Waals surface area contributed by atoms with Gasteiger partial charge in [0.15, 0.2) is 0 Å². The van der Waals surface area contributed by atoms with Crippen LogP contribution in [0, 0.1) is 5.82 Å². The quantitative estimate of drug-likeness (QED) is 0.619. The van der Waals surface area contributed by atoms with Crippen LogP contribution in [0.25, 0.3) is 0 Å². The zero-order chi connectivity index (χ0) is 10.6. The molecule has 0 saturated heterocycles. The Morgan fingerprint density at radius 1 is 1.50 bits per heavy atom. The van der Waals surface area contributed by atoms with Gasteiger partial charge in [0, 0.05) is 19.2 Å². The predicted molar refractivity (Wildman–Crippen MR) is 61.8 cm³/mol. The minimum Gasteiger partial charge on any atom is -0.341 e. The van der Waals surface area contributed by atoms with Crippen molar-refractivity contribution in [3.8, 4) is 0 Å². The van der Waals surface area contributed by atoms with Crippen molar-refractivity contribution in [2.45, 2.75) is 6.54 Å². The van der Waals surface area contributed by atoms with Crippen LogP contribution in [0.2, 0.25) is 0 Å². The largest absolute Gasteiger partial charge is 0.341 e. The monoisotopic (exact) mass is 307 g/mol. The van der Waals surface area contributed by atoms with Crippen LogP contribution in [0.1, 0.15) is 5.56 Å². The third kappa shape index (κ3) is 2.94. The Kier molecular flexibility index (Phi) is 4.31. The lowest BCUT2D eigenvalue weighted by atomic mass is 10.2. The summed E-state index contributed by atoms with van der Waals surface area (Å²) in [7, 11) is 1.67. The van der Waals surface area contributed by atoms with Crippen molar-refractivity contribution in [3.05, 3.63) is 35.6 Å². The maximum absolute atomic E-state index is 13.2. The Balaban J connectivity index is 2.69. The fourth-order valence-electron chi connectivity index (χ4n) is 1.07. The molecule has 1 aromatic carbocycles. The minimum atomic E-state index is -0.263. The van der Waals surface area contributed by atoms with E-state index in [0.717, 1.165) is 0 Å². The smallest absolute Gasteiger partial charge is 0.232 e. The van der Waals surface area contributed by atoms with E-state index in [1.54, 1.807) is 25.2 Å². The molecule has 0 aliphatic heterocycles. The molecule has 2 nitrogen and oxygen atoms in total. The topological polar surface area (TPSA) is 20.3 Å². The average molecular weight is 307 g/mol. The predicted octanol–water partition coefficient (Wildman–Crippen LogP) is 2.22. The Hall–Kier alpha value is -0.650. The lowest BCUT2D eigenvalue weighted by Crippen LogP contribution is -2.27. The number of rotatable bonds is 3. The second kappa shape index (κ2) is 5.29. The molecule has 0 unspecified atom stereocenters. The zero-order valence-corrected chi connectivity index (χ0v) is 9.99. The molecule has 76 valence electrons. The Morgan fingerprint density at radius 3 is 2.71 bits per heavy atom. The molecule has 0 aliphatic carbocycles. The van der Waals surface area contributed by atoms with E-state index in [2.05, 4.69) is 0 Å². The summed E-state index contributed by atoms with van der Waals surface area (Å²) in [5.74, 6) is -0.255. The van der Waals surface area contributed by atoms with E-state index in [-0.39, 0.29) is 11.7 Å². The van der Waals surface area contributed by atoms with Gasteiger partial charge in [0.1, 0.15) is 5.82 Å². The number of amides is 1.